The van der Waals surface area contributed by atoms with Gasteiger partial charge in [-0.25, -0.2) is 13.2 Å². The number of amides is 1. The second-order valence-corrected chi connectivity index (χ2v) is 10.0. The standard InChI is InChI=1S/C24H30N2O5S/c1-4-31-24(28)21-9-11-22(12-10-21)32(29,30)26-15-13-20(14-16-26)23(27)25-18(3)19-7-5-17(2)6-8-19/h5-12,18,20H,4,13-16H2,1-3H3,(H,25,27). The van der Waals surface area contributed by atoms with E-state index in [2.05, 4.69) is 5.32 Å². The first-order valence-corrected chi connectivity index (χ1v) is 12.3. The average molecular weight is 459 g/mol. The van der Waals surface area contributed by atoms with E-state index >= 15 is 0 Å². The Kier molecular flexibility index (Phi) is 7.69. The monoisotopic (exact) mass is 458 g/mol. The largest absolute Gasteiger partial charge is 0.462 e. The number of nitrogens with one attached hydrogen (secondary N) is 1. The van der Waals surface area contributed by atoms with Crippen LogP contribution in [0.2, 0.25) is 0 Å². The van der Waals surface area contributed by atoms with Crippen molar-refractivity contribution in [3.05, 3.63) is 65.2 Å². The molecule has 0 radical (unpaired) electrons. The first-order valence-electron chi connectivity index (χ1n) is 10.9. The van der Waals surface area contributed by atoms with Crippen LogP contribution in [0, 0.1) is 12.8 Å². The molecule has 1 atom stereocenters. The first kappa shape index (κ1) is 23.9. The van der Waals surface area contributed by atoms with Gasteiger partial charge in [0.15, 0.2) is 0 Å². The van der Waals surface area contributed by atoms with E-state index < -0.39 is 16.0 Å². The number of sulfonamides is 1. The number of nitrogens with zero attached hydrogens (tertiary/aromatic N) is 1. The molecule has 2 aromatic rings. The average Bonchev–Trinajstić information content (AvgIpc) is 2.79. The summed E-state index contributed by atoms with van der Waals surface area (Å²) in [5.74, 6) is -0.752. The maximum atomic E-state index is 13.0. The lowest BCUT2D eigenvalue weighted by molar-refractivity contribution is -0.126. The van der Waals surface area contributed by atoms with Gasteiger partial charge in [-0.3, -0.25) is 4.79 Å². The van der Waals surface area contributed by atoms with Crippen LogP contribution < -0.4 is 5.32 Å². The predicted molar refractivity (Wildman–Crippen MR) is 122 cm³/mol. The van der Waals surface area contributed by atoms with Gasteiger partial charge in [-0.05, 0) is 63.4 Å². The van der Waals surface area contributed by atoms with Crippen LogP contribution in [0.1, 0.15) is 54.2 Å². The molecule has 0 saturated carbocycles. The molecule has 1 amide bonds. The Morgan fingerprint density at radius 1 is 1.06 bits per heavy atom. The van der Waals surface area contributed by atoms with Crippen LogP contribution in [0.15, 0.2) is 53.4 Å². The van der Waals surface area contributed by atoms with Gasteiger partial charge in [-0.2, -0.15) is 4.31 Å². The molecule has 0 bridgehead atoms. The molecule has 1 aliphatic heterocycles. The second-order valence-electron chi connectivity index (χ2n) is 8.06. The second kappa shape index (κ2) is 10.3. The van der Waals surface area contributed by atoms with Crippen molar-refractivity contribution in [2.24, 2.45) is 5.92 Å². The smallest absolute Gasteiger partial charge is 0.338 e. The highest BCUT2D eigenvalue weighted by molar-refractivity contribution is 7.89. The number of aryl methyl sites for hydroxylation is 1. The fourth-order valence-electron chi connectivity index (χ4n) is 3.75. The van der Waals surface area contributed by atoms with Crippen LogP contribution in [0.3, 0.4) is 0 Å². The molecule has 0 aromatic heterocycles. The van der Waals surface area contributed by atoms with Crippen LogP contribution in [0.5, 0.6) is 0 Å². The molecule has 172 valence electrons. The summed E-state index contributed by atoms with van der Waals surface area (Å²) in [6.45, 7) is 6.48. The molecule has 32 heavy (non-hydrogen) atoms. The summed E-state index contributed by atoms with van der Waals surface area (Å²) >= 11 is 0. The topological polar surface area (TPSA) is 92.8 Å². The van der Waals surface area contributed by atoms with Crippen LogP contribution in [0.25, 0.3) is 0 Å². The van der Waals surface area contributed by atoms with E-state index in [9.17, 15) is 18.0 Å². The number of carbonyl (C=O) groups is 2. The van der Waals surface area contributed by atoms with E-state index in [1.165, 1.54) is 28.6 Å². The van der Waals surface area contributed by atoms with Gasteiger partial charge >= 0.3 is 5.97 Å². The summed E-state index contributed by atoms with van der Waals surface area (Å²) in [5, 5.41) is 3.05. The molecule has 0 spiro atoms. The van der Waals surface area contributed by atoms with Gasteiger partial charge in [0.05, 0.1) is 23.1 Å². The Morgan fingerprint density at radius 3 is 2.22 bits per heavy atom. The molecule has 0 aliphatic carbocycles. The molecule has 1 saturated heterocycles. The van der Waals surface area contributed by atoms with Crippen LogP contribution >= 0.6 is 0 Å². The van der Waals surface area contributed by atoms with E-state index in [0.717, 1.165) is 11.1 Å². The molecular weight excluding hydrogens is 428 g/mol. The van der Waals surface area contributed by atoms with Crippen LogP contribution in [-0.2, 0) is 19.6 Å². The Bertz CT molecular complexity index is 1040. The minimum atomic E-state index is -3.69. The minimum absolute atomic E-state index is 0.0473. The van der Waals surface area contributed by atoms with Crippen molar-refractivity contribution in [1.82, 2.24) is 9.62 Å². The van der Waals surface area contributed by atoms with E-state index in [1.807, 2.05) is 38.1 Å². The fraction of sp³-hybridized carbons (Fsp3) is 0.417. The predicted octanol–water partition coefficient (Wildman–Crippen LogP) is 3.45. The third kappa shape index (κ3) is 5.55. The zero-order valence-electron chi connectivity index (χ0n) is 18.7. The molecular formula is C24H30N2O5S. The zero-order chi connectivity index (χ0) is 23.3. The highest BCUT2D eigenvalue weighted by Gasteiger charge is 2.32. The van der Waals surface area contributed by atoms with Crippen molar-refractivity contribution in [1.29, 1.82) is 0 Å². The van der Waals surface area contributed by atoms with Crippen molar-refractivity contribution in [3.8, 4) is 0 Å². The number of piperidine rings is 1. The molecule has 1 aliphatic rings. The fourth-order valence-corrected chi connectivity index (χ4v) is 5.22. The van der Waals surface area contributed by atoms with Crippen LogP contribution in [0.4, 0.5) is 0 Å². The highest BCUT2D eigenvalue weighted by Crippen LogP contribution is 2.25. The summed E-state index contributed by atoms with van der Waals surface area (Å²) in [4.78, 5) is 24.6. The SMILES string of the molecule is CCOC(=O)c1ccc(S(=O)(=O)N2CCC(C(=O)NC(C)c3ccc(C)cc3)CC2)cc1. The van der Waals surface area contributed by atoms with E-state index in [-0.39, 0.29) is 42.5 Å². The Labute approximate surface area is 189 Å². The maximum absolute atomic E-state index is 13.0. The Hall–Kier alpha value is -2.71. The van der Waals surface area contributed by atoms with Gasteiger partial charge in [0.25, 0.3) is 0 Å². The number of esters is 1. The van der Waals surface area contributed by atoms with E-state index in [0.29, 0.717) is 18.4 Å². The summed E-state index contributed by atoms with van der Waals surface area (Å²) in [6.07, 6.45) is 0.930. The number of rotatable bonds is 7. The first-order chi connectivity index (χ1) is 15.2. The quantitative estimate of drug-likeness (QED) is 0.642. The third-order valence-corrected chi connectivity index (χ3v) is 7.68. The minimum Gasteiger partial charge on any atom is -0.462 e. The van der Waals surface area contributed by atoms with E-state index in [4.69, 9.17) is 4.74 Å². The van der Waals surface area contributed by atoms with Gasteiger partial charge in [-0.15, -0.1) is 0 Å². The number of hydrogen-bond acceptors (Lipinski definition) is 5. The lowest BCUT2D eigenvalue weighted by atomic mass is 9.96. The van der Waals surface area contributed by atoms with Crippen molar-refractivity contribution in [2.75, 3.05) is 19.7 Å². The van der Waals surface area contributed by atoms with Gasteiger partial charge < -0.3 is 10.1 Å². The van der Waals surface area contributed by atoms with Crippen molar-refractivity contribution in [3.63, 3.8) is 0 Å². The summed E-state index contributed by atoms with van der Waals surface area (Å²) in [5.41, 5.74) is 2.51. The van der Waals surface area contributed by atoms with Crippen molar-refractivity contribution < 1.29 is 22.7 Å². The summed E-state index contributed by atoms with van der Waals surface area (Å²) in [7, 11) is -3.69. The number of carbonyl (C=O) groups excluding carboxylic acids is 2. The maximum Gasteiger partial charge on any atom is 0.338 e. The van der Waals surface area contributed by atoms with Gasteiger partial charge in [0.1, 0.15) is 0 Å². The van der Waals surface area contributed by atoms with Gasteiger partial charge in [-0.1, -0.05) is 29.8 Å². The summed E-state index contributed by atoms with van der Waals surface area (Å²) < 4.78 is 32.3. The molecule has 1 N–H and O–H groups in total. The molecule has 8 heteroatoms. The lowest BCUT2D eigenvalue weighted by Crippen LogP contribution is -2.43. The Balaban J connectivity index is 1.57. The third-order valence-electron chi connectivity index (χ3n) is 5.76. The molecule has 3 rings (SSSR count). The van der Waals surface area contributed by atoms with Gasteiger partial charge in [0, 0.05) is 19.0 Å². The lowest BCUT2D eigenvalue weighted by Gasteiger charge is -2.31. The molecule has 7 nitrogen and oxygen atoms in total. The molecule has 2 aromatic carbocycles. The van der Waals surface area contributed by atoms with Crippen molar-refractivity contribution >= 4 is 21.9 Å². The summed E-state index contributed by atoms with van der Waals surface area (Å²) in [6, 6.07) is 13.7. The number of hydrogen-bond donors (Lipinski definition) is 1. The number of benzene rings is 2. The molecule has 1 unspecified atom stereocenters. The van der Waals surface area contributed by atoms with Crippen LogP contribution in [-0.4, -0.2) is 44.3 Å². The van der Waals surface area contributed by atoms with Gasteiger partial charge in [0.2, 0.25) is 15.9 Å². The highest BCUT2D eigenvalue weighted by atomic mass is 32.2. The van der Waals surface area contributed by atoms with E-state index in [1.54, 1.807) is 6.92 Å². The zero-order valence-corrected chi connectivity index (χ0v) is 19.5. The molecule has 1 heterocycles. The molecule has 1 fully saturated rings. The Morgan fingerprint density at radius 2 is 1.66 bits per heavy atom. The van der Waals surface area contributed by atoms with Crippen molar-refractivity contribution in [2.45, 2.75) is 44.6 Å². The number of ether oxygens (including phenoxy) is 1. The normalized spacial score (nSPS) is 16.3.